The van der Waals surface area contributed by atoms with E-state index in [0.717, 1.165) is 25.7 Å². The highest BCUT2D eigenvalue weighted by atomic mass is 16.5. The van der Waals surface area contributed by atoms with Gasteiger partial charge in [-0.3, -0.25) is 24.0 Å². The average Bonchev–Trinajstić information content (AvgIpc) is 2.83. The van der Waals surface area contributed by atoms with E-state index in [1.807, 2.05) is 0 Å². The van der Waals surface area contributed by atoms with Gasteiger partial charge in [0, 0.05) is 0 Å². The molecule has 0 aliphatic carbocycles. The average molecular weight is 530 g/mol. The number of unbranched alkanes of at least 4 members (excludes halogenated alkanes) is 2. The zero-order valence-electron chi connectivity index (χ0n) is 20.3. The van der Waals surface area contributed by atoms with Crippen molar-refractivity contribution in [3.05, 3.63) is 0 Å². The van der Waals surface area contributed by atoms with Crippen LogP contribution in [0.2, 0.25) is 0 Å². The zero-order chi connectivity index (χ0) is 29.1. The fourth-order valence-corrected chi connectivity index (χ4v) is 1.61. The largest absolute Gasteiger partial charge is 0.480 e. The molecule has 0 spiro atoms. The lowest BCUT2D eigenvalue weighted by atomic mass is 10.1. The first-order valence-corrected chi connectivity index (χ1v) is 10.8. The lowest BCUT2D eigenvalue weighted by molar-refractivity contribution is -0.149. The van der Waals surface area contributed by atoms with E-state index in [0.29, 0.717) is 25.9 Å². The Morgan fingerprint density at radius 1 is 0.583 bits per heavy atom. The van der Waals surface area contributed by atoms with Crippen molar-refractivity contribution in [1.29, 1.82) is 0 Å². The van der Waals surface area contributed by atoms with Crippen LogP contribution in [0.1, 0.15) is 38.5 Å². The molecule has 17 nitrogen and oxygen atoms in total. The molecule has 0 saturated carbocycles. The number of carbonyl (C=O) groups excluding carboxylic acids is 1. The summed E-state index contributed by atoms with van der Waals surface area (Å²) in [5, 5.41) is 32.0. The van der Waals surface area contributed by atoms with Gasteiger partial charge in [-0.15, -0.1) is 0 Å². The topological polar surface area (TPSA) is 358 Å². The van der Waals surface area contributed by atoms with Gasteiger partial charge in [-0.1, -0.05) is 12.8 Å². The molecule has 0 fully saturated rings. The second-order valence-corrected chi connectivity index (χ2v) is 6.89. The molecule has 0 heterocycles. The third kappa shape index (κ3) is 35.7. The molecule has 36 heavy (non-hydrogen) atoms. The van der Waals surface area contributed by atoms with Gasteiger partial charge in [-0.05, 0) is 38.8 Å². The number of carboxylic acids is 4. The van der Waals surface area contributed by atoms with Crippen molar-refractivity contribution in [3.8, 4) is 0 Å². The van der Waals surface area contributed by atoms with Gasteiger partial charge in [-0.25, -0.2) is 0 Å². The number of nitrogens with two attached hydrogens (primary N) is 7. The fourth-order valence-electron chi connectivity index (χ4n) is 1.61. The second kappa shape index (κ2) is 28.3. The third-order valence-electron chi connectivity index (χ3n) is 3.63. The summed E-state index contributed by atoms with van der Waals surface area (Å²) in [6, 6.07) is -2.67. The van der Waals surface area contributed by atoms with Crippen LogP contribution in [0.25, 0.3) is 0 Å². The summed E-state index contributed by atoms with van der Waals surface area (Å²) in [7, 11) is 0. The van der Waals surface area contributed by atoms with Gasteiger partial charge in [0.2, 0.25) is 0 Å². The first-order chi connectivity index (χ1) is 16.7. The Hall–Kier alpha value is -2.93. The normalized spacial score (nSPS) is 12.0. The maximum atomic E-state index is 11.2. The van der Waals surface area contributed by atoms with Crippen molar-refractivity contribution in [2.75, 3.05) is 32.8 Å². The SMILES string of the molecule is NCC(=O)O.NCC(=O)O.NCCCC[C@H](N)C(=O)O.NCCCC[C@H](N)C(=O)OC[C@H](N)C(=O)O. The molecule has 18 N–H and O–H groups in total. The monoisotopic (exact) mass is 529 g/mol. The second-order valence-electron chi connectivity index (χ2n) is 6.89. The summed E-state index contributed by atoms with van der Waals surface area (Å²) in [6.45, 7) is 0.233. The van der Waals surface area contributed by atoms with Gasteiger partial charge in [0.25, 0.3) is 0 Å². The van der Waals surface area contributed by atoms with Gasteiger partial charge >= 0.3 is 29.8 Å². The molecule has 3 atom stereocenters. The Morgan fingerprint density at radius 2 is 0.917 bits per heavy atom. The molecule has 0 rings (SSSR count). The lowest BCUT2D eigenvalue weighted by Gasteiger charge is -2.12. The van der Waals surface area contributed by atoms with Crippen molar-refractivity contribution < 1.29 is 49.1 Å². The molecule has 0 aliphatic heterocycles. The highest BCUT2D eigenvalue weighted by molar-refractivity contribution is 5.77. The smallest absolute Gasteiger partial charge is 0.324 e. The maximum absolute atomic E-state index is 11.2. The molecule has 0 aromatic heterocycles. The highest BCUT2D eigenvalue weighted by Gasteiger charge is 2.18. The molecule has 214 valence electrons. The van der Waals surface area contributed by atoms with Crippen LogP contribution in [0, 0.1) is 0 Å². The van der Waals surface area contributed by atoms with E-state index in [9.17, 15) is 24.0 Å². The highest BCUT2D eigenvalue weighted by Crippen LogP contribution is 2.00. The Bertz CT molecular complexity index is 597. The number of ether oxygens (including phenoxy) is 1. The Kier molecular flexibility index (Phi) is 31.6. The quantitative estimate of drug-likeness (QED) is 0.0710. The molecule has 0 radical (unpaired) electrons. The number of rotatable bonds is 15. The molecule has 0 aromatic rings. The summed E-state index contributed by atoms with van der Waals surface area (Å²) < 4.78 is 4.66. The van der Waals surface area contributed by atoms with Crippen molar-refractivity contribution >= 4 is 29.8 Å². The van der Waals surface area contributed by atoms with Crippen molar-refractivity contribution in [2.45, 2.75) is 56.7 Å². The van der Waals surface area contributed by atoms with Gasteiger partial charge in [0.05, 0.1) is 13.1 Å². The van der Waals surface area contributed by atoms with Crippen LogP contribution < -0.4 is 40.1 Å². The molecule has 0 saturated heterocycles. The van der Waals surface area contributed by atoms with Gasteiger partial charge < -0.3 is 65.3 Å². The summed E-state index contributed by atoms with van der Waals surface area (Å²) in [5.41, 5.74) is 35.5. The first kappa shape index (κ1) is 40.2. The van der Waals surface area contributed by atoms with Crippen molar-refractivity contribution in [3.63, 3.8) is 0 Å². The minimum absolute atomic E-state index is 0.278. The molecule has 0 aromatic carbocycles. The maximum Gasteiger partial charge on any atom is 0.324 e. The van der Waals surface area contributed by atoms with E-state index < -0.39 is 48.0 Å². The van der Waals surface area contributed by atoms with Crippen LogP contribution in [0.5, 0.6) is 0 Å². The lowest BCUT2D eigenvalue weighted by Crippen LogP contribution is -2.39. The van der Waals surface area contributed by atoms with E-state index in [2.05, 4.69) is 16.2 Å². The molecular weight excluding hydrogens is 486 g/mol. The van der Waals surface area contributed by atoms with Crippen LogP contribution in [0.4, 0.5) is 0 Å². The van der Waals surface area contributed by atoms with E-state index in [1.54, 1.807) is 0 Å². The fraction of sp³-hybridized carbons (Fsp3) is 0.737. The first-order valence-electron chi connectivity index (χ1n) is 10.8. The van der Waals surface area contributed by atoms with Crippen LogP contribution in [0.3, 0.4) is 0 Å². The summed E-state index contributed by atoms with van der Waals surface area (Å²) in [4.78, 5) is 50.2. The predicted molar refractivity (Wildman–Crippen MR) is 129 cm³/mol. The summed E-state index contributed by atoms with van der Waals surface area (Å²) >= 11 is 0. The zero-order valence-corrected chi connectivity index (χ0v) is 20.3. The van der Waals surface area contributed by atoms with Crippen LogP contribution in [-0.4, -0.2) is 101 Å². The molecule has 0 amide bonds. The Labute approximate surface area is 209 Å². The molecule has 0 bridgehead atoms. The number of carboxylic acid groups (broad SMARTS) is 4. The van der Waals surface area contributed by atoms with Crippen molar-refractivity contribution in [1.82, 2.24) is 0 Å². The summed E-state index contributed by atoms with van der Waals surface area (Å²) in [6.07, 6.45) is 4.16. The van der Waals surface area contributed by atoms with Crippen LogP contribution in [-0.2, 0) is 28.7 Å². The van der Waals surface area contributed by atoms with E-state index in [-0.39, 0.29) is 19.7 Å². The molecule has 0 aliphatic rings. The minimum atomic E-state index is -1.22. The number of aliphatic carboxylic acids is 4. The van der Waals surface area contributed by atoms with E-state index in [1.165, 1.54) is 0 Å². The van der Waals surface area contributed by atoms with Crippen molar-refractivity contribution in [2.24, 2.45) is 40.1 Å². The number of hydrogen-bond acceptors (Lipinski definition) is 13. The third-order valence-corrected chi connectivity index (χ3v) is 3.63. The molecular formula is C19H43N7O10. The predicted octanol–water partition coefficient (Wildman–Crippen LogP) is -4.02. The van der Waals surface area contributed by atoms with Gasteiger partial charge in [0.15, 0.2) is 0 Å². The molecule has 0 unspecified atom stereocenters. The molecule has 17 heteroatoms. The Morgan fingerprint density at radius 3 is 1.19 bits per heavy atom. The van der Waals surface area contributed by atoms with Gasteiger partial charge in [0.1, 0.15) is 24.7 Å². The summed E-state index contributed by atoms with van der Waals surface area (Å²) in [5.74, 6) is -4.72. The van der Waals surface area contributed by atoms with Crippen LogP contribution >= 0.6 is 0 Å². The van der Waals surface area contributed by atoms with Crippen LogP contribution in [0.15, 0.2) is 0 Å². The number of esters is 1. The Balaban J connectivity index is -0.000000217. The van der Waals surface area contributed by atoms with E-state index >= 15 is 0 Å². The van der Waals surface area contributed by atoms with Gasteiger partial charge in [-0.2, -0.15) is 0 Å². The number of hydrogen-bond donors (Lipinski definition) is 11. The standard InChI is InChI=1S/C9H19N3O4.C6H14N2O2.2C2H5NO2/c10-4-2-1-3-6(11)9(15)16-5-7(12)8(13)14;7-4-2-1-3-5(8)6(9)10;2*3-1-2(4)5/h6-7H,1-5,10-12H2,(H,13,14);5H,1-4,7-8H2,(H,9,10);2*1,3H2,(H,4,5)/t6-,7-;5-;;/m00../s1. The number of carbonyl (C=O) groups is 5. The minimum Gasteiger partial charge on any atom is -0.480 e. The van der Waals surface area contributed by atoms with E-state index in [4.69, 9.17) is 49.1 Å².